The number of halogens is 2. The van der Waals surface area contributed by atoms with Crippen molar-refractivity contribution < 1.29 is 4.79 Å². The first kappa shape index (κ1) is 14.8. The highest BCUT2D eigenvalue weighted by molar-refractivity contribution is 9.10. The van der Waals surface area contributed by atoms with E-state index >= 15 is 0 Å². The van der Waals surface area contributed by atoms with Gasteiger partial charge in [-0.25, -0.2) is 4.98 Å². The second-order valence-corrected chi connectivity index (χ2v) is 6.14. The molecular formula is C13H17BrClN3O. The Morgan fingerprint density at radius 3 is 3.00 bits per heavy atom. The van der Waals surface area contributed by atoms with Gasteiger partial charge in [0.05, 0.1) is 5.69 Å². The zero-order valence-electron chi connectivity index (χ0n) is 10.5. The van der Waals surface area contributed by atoms with Crippen molar-refractivity contribution in [3.63, 3.8) is 0 Å². The van der Waals surface area contributed by atoms with Crippen LogP contribution in [0, 0.1) is 11.8 Å². The van der Waals surface area contributed by atoms with Crippen LogP contribution in [0.3, 0.4) is 0 Å². The molecule has 19 heavy (non-hydrogen) atoms. The van der Waals surface area contributed by atoms with Crippen LogP contribution in [0.5, 0.6) is 0 Å². The van der Waals surface area contributed by atoms with Crippen LogP contribution in [-0.2, 0) is 4.79 Å². The number of nitrogens with zero attached hydrogens (tertiary/aromatic N) is 1. The van der Waals surface area contributed by atoms with Crippen molar-refractivity contribution in [2.24, 2.45) is 17.6 Å². The maximum absolute atomic E-state index is 12.3. The van der Waals surface area contributed by atoms with E-state index in [1.165, 1.54) is 0 Å². The number of hydrogen-bond acceptors (Lipinski definition) is 3. The van der Waals surface area contributed by atoms with Crippen LogP contribution in [0.4, 0.5) is 5.69 Å². The van der Waals surface area contributed by atoms with Crippen LogP contribution in [0.15, 0.2) is 16.7 Å². The second-order valence-electron chi connectivity index (χ2n) is 4.87. The van der Waals surface area contributed by atoms with Crippen LogP contribution in [-0.4, -0.2) is 17.4 Å². The second kappa shape index (κ2) is 6.68. The standard InChI is InChI=1S/C13H17BrClN3O/c14-9-5-11(12(15)17-7-9)18-13(19)10-4-2-1-3-8(10)6-16/h5,7-8,10H,1-4,6,16H2,(H,18,19). The van der Waals surface area contributed by atoms with Crippen molar-refractivity contribution in [3.05, 3.63) is 21.9 Å². The van der Waals surface area contributed by atoms with Gasteiger partial charge in [0, 0.05) is 16.6 Å². The van der Waals surface area contributed by atoms with Crippen molar-refractivity contribution in [1.29, 1.82) is 0 Å². The molecule has 1 saturated carbocycles. The molecule has 2 unspecified atom stereocenters. The van der Waals surface area contributed by atoms with Crippen LogP contribution in [0.1, 0.15) is 25.7 Å². The summed E-state index contributed by atoms with van der Waals surface area (Å²) < 4.78 is 0.784. The van der Waals surface area contributed by atoms with Crippen molar-refractivity contribution in [2.75, 3.05) is 11.9 Å². The lowest BCUT2D eigenvalue weighted by Gasteiger charge is -2.29. The molecule has 1 aliphatic rings. The molecule has 0 aliphatic heterocycles. The fourth-order valence-electron chi connectivity index (χ4n) is 2.57. The first-order valence-electron chi connectivity index (χ1n) is 6.43. The molecule has 4 nitrogen and oxygen atoms in total. The van der Waals surface area contributed by atoms with E-state index in [-0.39, 0.29) is 17.7 Å². The zero-order chi connectivity index (χ0) is 13.8. The predicted molar refractivity (Wildman–Crippen MR) is 80.1 cm³/mol. The van der Waals surface area contributed by atoms with Gasteiger partial charge in [-0.3, -0.25) is 4.79 Å². The topological polar surface area (TPSA) is 68.0 Å². The number of carbonyl (C=O) groups excluding carboxylic acids is 1. The summed E-state index contributed by atoms with van der Waals surface area (Å²) in [6.45, 7) is 0.558. The molecule has 0 bridgehead atoms. The molecule has 1 aliphatic carbocycles. The average molecular weight is 347 g/mol. The number of hydrogen-bond donors (Lipinski definition) is 2. The Morgan fingerprint density at radius 2 is 2.26 bits per heavy atom. The summed E-state index contributed by atoms with van der Waals surface area (Å²) in [4.78, 5) is 16.3. The third kappa shape index (κ3) is 3.68. The summed E-state index contributed by atoms with van der Waals surface area (Å²) in [6, 6.07) is 1.76. The van der Waals surface area contributed by atoms with Crippen molar-refractivity contribution in [3.8, 4) is 0 Å². The van der Waals surface area contributed by atoms with Crippen LogP contribution >= 0.6 is 27.5 Å². The molecule has 0 saturated heterocycles. The Labute approximate surface area is 126 Å². The monoisotopic (exact) mass is 345 g/mol. The van der Waals surface area contributed by atoms with E-state index in [2.05, 4.69) is 26.2 Å². The van der Waals surface area contributed by atoms with Gasteiger partial charge >= 0.3 is 0 Å². The first-order valence-corrected chi connectivity index (χ1v) is 7.61. The molecule has 0 aromatic carbocycles. The van der Waals surface area contributed by atoms with Gasteiger partial charge in [-0.2, -0.15) is 0 Å². The number of amides is 1. The van der Waals surface area contributed by atoms with Gasteiger partial charge in [0.2, 0.25) is 5.91 Å². The molecule has 0 radical (unpaired) electrons. The molecule has 2 atom stereocenters. The average Bonchev–Trinajstić information content (AvgIpc) is 2.42. The highest BCUT2D eigenvalue weighted by atomic mass is 79.9. The molecule has 2 rings (SSSR count). The maximum Gasteiger partial charge on any atom is 0.227 e. The van der Waals surface area contributed by atoms with E-state index in [1.54, 1.807) is 12.3 Å². The van der Waals surface area contributed by atoms with Crippen LogP contribution < -0.4 is 11.1 Å². The molecule has 1 heterocycles. The van der Waals surface area contributed by atoms with Gasteiger partial charge in [0.15, 0.2) is 5.15 Å². The number of rotatable bonds is 3. The minimum atomic E-state index is -0.0196. The summed E-state index contributed by atoms with van der Waals surface area (Å²) in [5.41, 5.74) is 6.30. The quantitative estimate of drug-likeness (QED) is 0.826. The normalized spacial score (nSPS) is 23.1. The molecule has 1 aromatic rings. The fourth-order valence-corrected chi connectivity index (χ4v) is 3.05. The van der Waals surface area contributed by atoms with E-state index in [0.29, 0.717) is 17.4 Å². The molecule has 3 N–H and O–H groups in total. The zero-order valence-corrected chi connectivity index (χ0v) is 12.9. The van der Waals surface area contributed by atoms with Gasteiger partial charge in [-0.15, -0.1) is 0 Å². The van der Waals surface area contributed by atoms with E-state index in [9.17, 15) is 4.79 Å². The summed E-state index contributed by atoms with van der Waals surface area (Å²) in [6.07, 6.45) is 5.76. The number of aromatic nitrogens is 1. The Kier molecular flexibility index (Phi) is 5.19. The predicted octanol–water partition coefficient (Wildman–Crippen LogP) is 3.20. The van der Waals surface area contributed by atoms with Gasteiger partial charge < -0.3 is 11.1 Å². The van der Waals surface area contributed by atoms with E-state index in [1.807, 2.05) is 0 Å². The third-order valence-electron chi connectivity index (χ3n) is 3.61. The van der Waals surface area contributed by atoms with Gasteiger partial charge in [0.1, 0.15) is 0 Å². The molecule has 1 fully saturated rings. The summed E-state index contributed by atoms with van der Waals surface area (Å²) in [7, 11) is 0. The summed E-state index contributed by atoms with van der Waals surface area (Å²) in [5.74, 6) is 0.249. The fraction of sp³-hybridized carbons (Fsp3) is 0.538. The molecule has 1 aromatic heterocycles. The third-order valence-corrected chi connectivity index (χ3v) is 4.35. The smallest absolute Gasteiger partial charge is 0.227 e. The number of carbonyl (C=O) groups is 1. The molecular weight excluding hydrogens is 330 g/mol. The lowest BCUT2D eigenvalue weighted by Crippen LogP contribution is -2.35. The molecule has 0 spiro atoms. The van der Waals surface area contributed by atoms with Gasteiger partial charge in [-0.05, 0) is 47.3 Å². The largest absolute Gasteiger partial charge is 0.330 e. The SMILES string of the molecule is NCC1CCCCC1C(=O)Nc1cc(Br)cnc1Cl. The van der Waals surface area contributed by atoms with Crippen molar-refractivity contribution in [1.82, 2.24) is 4.98 Å². The summed E-state index contributed by atoms with van der Waals surface area (Å²) in [5, 5.41) is 3.17. The van der Waals surface area contributed by atoms with Crippen LogP contribution in [0.2, 0.25) is 5.15 Å². The highest BCUT2D eigenvalue weighted by Gasteiger charge is 2.30. The lowest BCUT2D eigenvalue weighted by molar-refractivity contribution is -0.122. The molecule has 6 heteroatoms. The first-order chi connectivity index (χ1) is 9.11. The minimum absolute atomic E-state index is 0.00282. The maximum atomic E-state index is 12.3. The molecule has 104 valence electrons. The van der Waals surface area contributed by atoms with Gasteiger partial charge in [-0.1, -0.05) is 24.4 Å². The Morgan fingerprint density at radius 1 is 1.53 bits per heavy atom. The lowest BCUT2D eigenvalue weighted by atomic mass is 9.79. The summed E-state index contributed by atoms with van der Waals surface area (Å²) >= 11 is 9.29. The van der Waals surface area contributed by atoms with Crippen molar-refractivity contribution in [2.45, 2.75) is 25.7 Å². The number of nitrogens with two attached hydrogens (primary N) is 1. The number of pyridine rings is 1. The van der Waals surface area contributed by atoms with Gasteiger partial charge in [0.25, 0.3) is 0 Å². The number of nitrogens with one attached hydrogen (secondary N) is 1. The van der Waals surface area contributed by atoms with Crippen molar-refractivity contribution >= 4 is 39.1 Å². The number of anilines is 1. The Hall–Kier alpha value is -0.650. The molecule has 1 amide bonds. The van der Waals surface area contributed by atoms with Crippen LogP contribution in [0.25, 0.3) is 0 Å². The minimum Gasteiger partial charge on any atom is -0.330 e. The Balaban J connectivity index is 2.09. The van der Waals surface area contributed by atoms with E-state index in [0.717, 1.165) is 30.2 Å². The van der Waals surface area contributed by atoms with E-state index in [4.69, 9.17) is 17.3 Å². The Bertz CT molecular complexity index is 469. The highest BCUT2D eigenvalue weighted by Crippen LogP contribution is 2.31. The van der Waals surface area contributed by atoms with E-state index < -0.39 is 0 Å².